The molecule has 0 saturated carbocycles. The molecule has 3 N–H and O–H groups in total. The fourth-order valence-corrected chi connectivity index (χ4v) is 2.09. The maximum Gasteiger partial charge on any atom is 0.255 e. The van der Waals surface area contributed by atoms with Gasteiger partial charge in [0, 0.05) is 22.5 Å². The molecule has 0 aliphatic carbocycles. The highest BCUT2D eigenvalue weighted by Crippen LogP contribution is 2.21. The molecule has 3 aromatic rings. The molecule has 1 heterocycles. The van der Waals surface area contributed by atoms with E-state index in [0.717, 1.165) is 11.1 Å². The van der Waals surface area contributed by atoms with Gasteiger partial charge in [-0.05, 0) is 36.8 Å². The predicted octanol–water partition coefficient (Wildman–Crippen LogP) is 3.48. The lowest BCUT2D eigenvalue weighted by atomic mass is 10.1. The van der Waals surface area contributed by atoms with Crippen molar-refractivity contribution in [1.82, 2.24) is 4.98 Å². The molecule has 0 aliphatic heterocycles. The number of oxazole rings is 1. The van der Waals surface area contributed by atoms with Gasteiger partial charge in [-0.1, -0.05) is 18.2 Å². The van der Waals surface area contributed by atoms with E-state index >= 15 is 0 Å². The van der Waals surface area contributed by atoms with Crippen molar-refractivity contribution in [2.24, 2.45) is 0 Å². The lowest BCUT2D eigenvalue weighted by Gasteiger charge is -2.08. The van der Waals surface area contributed by atoms with Crippen LogP contribution in [0.15, 0.2) is 59.5 Å². The van der Waals surface area contributed by atoms with Crippen molar-refractivity contribution in [3.05, 3.63) is 66.2 Å². The maximum absolute atomic E-state index is 12.3. The standard InChI is InChI=1S/C17H15N3O2/c1-11-5-6-14(8-15(11)18)20-17(21)13-4-2-3-12(7-13)16-9-19-10-22-16/h2-10H,18H2,1H3,(H,20,21). The Morgan fingerprint density at radius 3 is 2.82 bits per heavy atom. The molecule has 0 aliphatic rings. The number of benzene rings is 2. The third kappa shape index (κ3) is 2.83. The highest BCUT2D eigenvalue weighted by molar-refractivity contribution is 6.05. The molecule has 1 amide bonds. The molecule has 0 fully saturated rings. The zero-order valence-electron chi connectivity index (χ0n) is 12.0. The van der Waals surface area contributed by atoms with Crippen molar-refractivity contribution < 1.29 is 9.21 Å². The molecule has 0 bridgehead atoms. The number of aryl methyl sites for hydroxylation is 1. The Kier molecular flexibility index (Phi) is 3.62. The molecule has 5 heteroatoms. The van der Waals surface area contributed by atoms with Crippen LogP contribution in [0.5, 0.6) is 0 Å². The highest BCUT2D eigenvalue weighted by Gasteiger charge is 2.09. The summed E-state index contributed by atoms with van der Waals surface area (Å²) in [6.07, 6.45) is 2.97. The Labute approximate surface area is 127 Å². The predicted molar refractivity (Wildman–Crippen MR) is 85.5 cm³/mol. The lowest BCUT2D eigenvalue weighted by molar-refractivity contribution is 0.102. The number of hydrogen-bond acceptors (Lipinski definition) is 4. The molecule has 0 spiro atoms. The third-order valence-electron chi connectivity index (χ3n) is 3.38. The summed E-state index contributed by atoms with van der Waals surface area (Å²) in [5.74, 6) is 0.416. The first-order chi connectivity index (χ1) is 10.6. The van der Waals surface area contributed by atoms with E-state index in [1.54, 1.807) is 30.5 Å². The first-order valence-corrected chi connectivity index (χ1v) is 6.80. The number of amides is 1. The van der Waals surface area contributed by atoms with Gasteiger partial charge in [-0.3, -0.25) is 4.79 Å². The van der Waals surface area contributed by atoms with Crippen LogP contribution in [0, 0.1) is 6.92 Å². The zero-order chi connectivity index (χ0) is 15.5. The molecule has 110 valence electrons. The van der Waals surface area contributed by atoms with Crippen molar-refractivity contribution in [3.8, 4) is 11.3 Å². The molecule has 3 rings (SSSR count). The molecular weight excluding hydrogens is 278 g/mol. The van der Waals surface area contributed by atoms with Gasteiger partial charge in [-0.2, -0.15) is 0 Å². The van der Waals surface area contributed by atoms with Crippen molar-refractivity contribution in [2.45, 2.75) is 6.92 Å². The van der Waals surface area contributed by atoms with Crippen LogP contribution >= 0.6 is 0 Å². The zero-order valence-corrected chi connectivity index (χ0v) is 12.0. The van der Waals surface area contributed by atoms with Crippen LogP contribution in [-0.4, -0.2) is 10.9 Å². The van der Waals surface area contributed by atoms with Crippen LogP contribution in [0.2, 0.25) is 0 Å². The minimum Gasteiger partial charge on any atom is -0.444 e. The quantitative estimate of drug-likeness (QED) is 0.724. The summed E-state index contributed by atoms with van der Waals surface area (Å²) >= 11 is 0. The molecule has 0 atom stereocenters. The van der Waals surface area contributed by atoms with Gasteiger partial charge < -0.3 is 15.5 Å². The van der Waals surface area contributed by atoms with Gasteiger partial charge in [0.2, 0.25) is 0 Å². The number of nitrogens with two attached hydrogens (primary N) is 1. The fourth-order valence-electron chi connectivity index (χ4n) is 2.09. The average molecular weight is 293 g/mol. The molecule has 22 heavy (non-hydrogen) atoms. The van der Waals surface area contributed by atoms with E-state index in [1.165, 1.54) is 6.39 Å². The van der Waals surface area contributed by atoms with Crippen molar-refractivity contribution in [2.75, 3.05) is 11.1 Å². The Balaban J connectivity index is 1.83. The van der Waals surface area contributed by atoms with Crippen LogP contribution in [0.1, 0.15) is 15.9 Å². The molecule has 0 radical (unpaired) electrons. The molecular formula is C17H15N3O2. The fraction of sp³-hybridized carbons (Fsp3) is 0.0588. The summed E-state index contributed by atoms with van der Waals surface area (Å²) < 4.78 is 5.24. The second kappa shape index (κ2) is 5.73. The van der Waals surface area contributed by atoms with Gasteiger partial charge in [0.25, 0.3) is 5.91 Å². The Bertz CT molecular complexity index is 811. The summed E-state index contributed by atoms with van der Waals surface area (Å²) in [5.41, 5.74) is 9.48. The third-order valence-corrected chi connectivity index (χ3v) is 3.38. The van der Waals surface area contributed by atoms with Gasteiger partial charge in [0.1, 0.15) is 0 Å². The van der Waals surface area contributed by atoms with Crippen molar-refractivity contribution in [1.29, 1.82) is 0 Å². The Morgan fingerprint density at radius 2 is 2.09 bits per heavy atom. The van der Waals surface area contributed by atoms with E-state index in [-0.39, 0.29) is 5.91 Å². The number of hydrogen-bond donors (Lipinski definition) is 2. The minimum absolute atomic E-state index is 0.204. The smallest absolute Gasteiger partial charge is 0.255 e. The van der Waals surface area contributed by atoms with E-state index in [2.05, 4.69) is 10.3 Å². The Hall–Kier alpha value is -3.08. The summed E-state index contributed by atoms with van der Waals surface area (Å²) in [4.78, 5) is 16.2. The monoisotopic (exact) mass is 293 g/mol. The topological polar surface area (TPSA) is 81.2 Å². The summed E-state index contributed by atoms with van der Waals surface area (Å²) in [7, 11) is 0. The lowest BCUT2D eigenvalue weighted by Crippen LogP contribution is -2.12. The minimum atomic E-state index is -0.204. The number of nitrogens with one attached hydrogen (secondary N) is 1. The van der Waals surface area contributed by atoms with E-state index < -0.39 is 0 Å². The molecule has 0 saturated heterocycles. The molecule has 0 unspecified atom stereocenters. The number of nitrogens with zero attached hydrogens (tertiary/aromatic N) is 1. The van der Waals surface area contributed by atoms with E-state index in [1.807, 2.05) is 25.1 Å². The summed E-state index contributed by atoms with van der Waals surface area (Å²) in [6, 6.07) is 12.6. The second-order valence-corrected chi connectivity index (χ2v) is 4.97. The van der Waals surface area contributed by atoms with E-state index in [9.17, 15) is 4.79 Å². The normalized spacial score (nSPS) is 10.4. The first-order valence-electron chi connectivity index (χ1n) is 6.80. The van der Waals surface area contributed by atoms with Crippen LogP contribution in [0.25, 0.3) is 11.3 Å². The van der Waals surface area contributed by atoms with Gasteiger partial charge >= 0.3 is 0 Å². The van der Waals surface area contributed by atoms with Gasteiger partial charge in [0.05, 0.1) is 6.20 Å². The van der Waals surface area contributed by atoms with Crippen molar-refractivity contribution >= 4 is 17.3 Å². The van der Waals surface area contributed by atoms with Crippen molar-refractivity contribution in [3.63, 3.8) is 0 Å². The SMILES string of the molecule is Cc1ccc(NC(=O)c2cccc(-c3cnco3)c2)cc1N. The largest absolute Gasteiger partial charge is 0.444 e. The van der Waals surface area contributed by atoms with E-state index in [0.29, 0.717) is 22.7 Å². The number of rotatable bonds is 3. The summed E-state index contributed by atoms with van der Waals surface area (Å²) in [6.45, 7) is 1.92. The van der Waals surface area contributed by atoms with Gasteiger partial charge in [0.15, 0.2) is 12.2 Å². The number of anilines is 2. The molecule has 1 aromatic heterocycles. The highest BCUT2D eigenvalue weighted by atomic mass is 16.3. The van der Waals surface area contributed by atoms with Crippen LogP contribution < -0.4 is 11.1 Å². The average Bonchev–Trinajstić information content (AvgIpc) is 3.05. The number of carbonyl (C=O) groups excluding carboxylic acids is 1. The van der Waals surface area contributed by atoms with E-state index in [4.69, 9.17) is 10.2 Å². The first kappa shape index (κ1) is 13.9. The Morgan fingerprint density at radius 1 is 1.23 bits per heavy atom. The van der Waals surface area contributed by atoms with Gasteiger partial charge in [-0.15, -0.1) is 0 Å². The maximum atomic E-state index is 12.3. The number of aromatic nitrogens is 1. The number of nitrogen functional groups attached to an aromatic ring is 1. The van der Waals surface area contributed by atoms with Crippen LogP contribution in [-0.2, 0) is 0 Å². The molecule has 5 nitrogen and oxygen atoms in total. The van der Waals surface area contributed by atoms with Crippen LogP contribution in [0.4, 0.5) is 11.4 Å². The van der Waals surface area contributed by atoms with Crippen LogP contribution in [0.3, 0.4) is 0 Å². The second-order valence-electron chi connectivity index (χ2n) is 4.97. The number of carbonyl (C=O) groups is 1. The van der Waals surface area contributed by atoms with Gasteiger partial charge in [-0.25, -0.2) is 4.98 Å². The summed E-state index contributed by atoms with van der Waals surface area (Å²) in [5, 5.41) is 2.83. The molecule has 2 aromatic carbocycles.